The van der Waals surface area contributed by atoms with Gasteiger partial charge in [-0.15, -0.1) is 11.8 Å². The summed E-state index contributed by atoms with van der Waals surface area (Å²) in [5.41, 5.74) is 0.769. The number of likely N-dealkylation sites (tertiary alicyclic amines) is 1. The molecule has 0 aromatic carbocycles. The second-order valence-electron chi connectivity index (χ2n) is 6.34. The molecule has 0 N–H and O–H groups in total. The zero-order valence-corrected chi connectivity index (χ0v) is 14.1. The highest BCUT2D eigenvalue weighted by Crippen LogP contribution is 2.38. The first-order chi connectivity index (χ1) is 9.88. The van der Waals surface area contributed by atoms with E-state index in [1.165, 1.54) is 6.26 Å². The third kappa shape index (κ3) is 2.82. The fourth-order valence-electron chi connectivity index (χ4n) is 3.33. The van der Waals surface area contributed by atoms with Crippen LogP contribution in [-0.4, -0.2) is 60.1 Å². The van der Waals surface area contributed by atoms with Crippen molar-refractivity contribution >= 4 is 27.5 Å². The number of thioether (sulfide) groups is 1. The number of hydrogen-bond donors (Lipinski definition) is 0. The van der Waals surface area contributed by atoms with Crippen LogP contribution in [0.1, 0.15) is 32.6 Å². The van der Waals surface area contributed by atoms with Crippen molar-refractivity contribution in [1.29, 1.82) is 0 Å². The predicted octanol–water partition coefficient (Wildman–Crippen LogP) is 1.42. The molecule has 118 valence electrons. The highest BCUT2D eigenvalue weighted by Gasteiger charge is 2.43. The molecule has 5 nitrogen and oxygen atoms in total. The van der Waals surface area contributed by atoms with Gasteiger partial charge in [0, 0.05) is 30.3 Å². The highest BCUT2D eigenvalue weighted by atomic mass is 32.2. The van der Waals surface area contributed by atoms with Gasteiger partial charge in [-0.3, -0.25) is 4.79 Å². The van der Waals surface area contributed by atoms with Gasteiger partial charge in [0.2, 0.25) is 0 Å². The van der Waals surface area contributed by atoms with Crippen LogP contribution >= 0.6 is 11.8 Å². The average molecular weight is 330 g/mol. The summed E-state index contributed by atoms with van der Waals surface area (Å²) in [7, 11) is -2.94. The molecule has 1 saturated heterocycles. The molecule has 0 spiro atoms. The molecule has 0 bridgehead atoms. The van der Waals surface area contributed by atoms with Gasteiger partial charge in [-0.25, -0.2) is 8.42 Å². The summed E-state index contributed by atoms with van der Waals surface area (Å²) in [5.74, 6) is 0.887. The van der Waals surface area contributed by atoms with E-state index in [1.54, 1.807) is 11.8 Å². The molecule has 1 amide bonds. The van der Waals surface area contributed by atoms with Crippen LogP contribution in [0.25, 0.3) is 0 Å². The molecule has 7 heteroatoms. The van der Waals surface area contributed by atoms with Gasteiger partial charge >= 0.3 is 0 Å². The quantitative estimate of drug-likeness (QED) is 0.783. The smallest absolute Gasteiger partial charge is 0.270 e. The van der Waals surface area contributed by atoms with E-state index >= 15 is 0 Å². The molecule has 0 aromatic rings. The zero-order valence-electron chi connectivity index (χ0n) is 12.5. The fraction of sp³-hybridized carbons (Fsp3) is 0.786. The van der Waals surface area contributed by atoms with Gasteiger partial charge in [0.05, 0.1) is 11.1 Å². The number of carbonyl (C=O) groups excluding carboxylic acids is 1. The fourth-order valence-corrected chi connectivity index (χ4v) is 5.46. The van der Waals surface area contributed by atoms with E-state index in [0.717, 1.165) is 31.0 Å². The van der Waals surface area contributed by atoms with Crippen molar-refractivity contribution in [3.05, 3.63) is 11.1 Å². The summed E-state index contributed by atoms with van der Waals surface area (Å²) in [5, 5.41) is 1.72. The van der Waals surface area contributed by atoms with E-state index in [0.29, 0.717) is 18.9 Å². The molecule has 2 aliphatic heterocycles. The normalized spacial score (nSPS) is 33.0. The second kappa shape index (κ2) is 5.50. The number of amides is 1. The van der Waals surface area contributed by atoms with Crippen LogP contribution in [-0.2, 0) is 14.6 Å². The Labute approximate surface area is 130 Å². The summed E-state index contributed by atoms with van der Waals surface area (Å²) in [6.45, 7) is 2.94. The lowest BCUT2D eigenvalue weighted by Crippen LogP contribution is -2.50. The third-order valence-corrected chi connectivity index (χ3v) is 7.28. The predicted molar refractivity (Wildman–Crippen MR) is 84.4 cm³/mol. The summed E-state index contributed by atoms with van der Waals surface area (Å²) in [6.07, 6.45) is 4.76. The molecule has 1 atom stereocenters. The van der Waals surface area contributed by atoms with Crippen LogP contribution in [0, 0.1) is 0 Å². The molecule has 1 aliphatic carbocycles. The molecule has 2 fully saturated rings. The van der Waals surface area contributed by atoms with Gasteiger partial charge < -0.3 is 9.80 Å². The molecule has 1 saturated carbocycles. The van der Waals surface area contributed by atoms with Crippen LogP contribution in [0.5, 0.6) is 0 Å². The first-order valence-corrected chi connectivity index (χ1v) is 10.5. The first kappa shape index (κ1) is 15.2. The number of sulfone groups is 1. The lowest BCUT2D eigenvalue weighted by molar-refractivity contribution is -0.129. The highest BCUT2D eigenvalue weighted by molar-refractivity contribution is 8.02. The maximum Gasteiger partial charge on any atom is 0.270 e. The standard InChI is InChI=1S/C14H22N2O3S2/c1-10-4-3-5-15(10)14(17)13-8-20-9-16(13)11-6-12(7-11)21(2,18)19/h8,10-12H,3-7,9H2,1-2H3/t10-,11?,12?/m0/s1. The molecular weight excluding hydrogens is 308 g/mol. The number of rotatable bonds is 3. The summed E-state index contributed by atoms with van der Waals surface area (Å²) < 4.78 is 23.1. The second-order valence-corrected chi connectivity index (χ2v) is 9.49. The van der Waals surface area contributed by atoms with Gasteiger partial charge in [0.15, 0.2) is 0 Å². The van der Waals surface area contributed by atoms with E-state index in [9.17, 15) is 13.2 Å². The van der Waals surface area contributed by atoms with E-state index in [4.69, 9.17) is 0 Å². The minimum Gasteiger partial charge on any atom is -0.354 e. The number of hydrogen-bond acceptors (Lipinski definition) is 5. The van der Waals surface area contributed by atoms with Crippen LogP contribution in [0.4, 0.5) is 0 Å². The van der Waals surface area contributed by atoms with Crippen molar-refractivity contribution < 1.29 is 13.2 Å². The molecule has 0 aromatic heterocycles. The molecule has 21 heavy (non-hydrogen) atoms. The molecule has 3 rings (SSSR count). The largest absolute Gasteiger partial charge is 0.354 e. The van der Waals surface area contributed by atoms with Crippen molar-refractivity contribution in [3.63, 3.8) is 0 Å². The van der Waals surface area contributed by atoms with Gasteiger partial charge in [-0.1, -0.05) is 0 Å². The Morgan fingerprint density at radius 3 is 2.67 bits per heavy atom. The topological polar surface area (TPSA) is 57.7 Å². The van der Waals surface area contributed by atoms with Gasteiger partial charge in [0.1, 0.15) is 15.5 Å². The third-order valence-electron chi connectivity index (χ3n) is 4.87. The van der Waals surface area contributed by atoms with Crippen LogP contribution in [0.2, 0.25) is 0 Å². The summed E-state index contributed by atoms with van der Waals surface area (Å²) in [4.78, 5) is 16.7. The average Bonchev–Trinajstić information content (AvgIpc) is 2.93. The lowest BCUT2D eigenvalue weighted by atomic mass is 9.90. The van der Waals surface area contributed by atoms with Gasteiger partial charge in [0.25, 0.3) is 5.91 Å². The van der Waals surface area contributed by atoms with Crippen molar-refractivity contribution in [3.8, 4) is 0 Å². The summed E-state index contributed by atoms with van der Waals surface area (Å²) in [6, 6.07) is 0.517. The lowest BCUT2D eigenvalue weighted by Gasteiger charge is -2.42. The van der Waals surface area contributed by atoms with Crippen molar-refractivity contribution in [2.75, 3.05) is 18.7 Å². The Bertz CT molecular complexity index is 567. The number of carbonyl (C=O) groups is 1. The summed E-state index contributed by atoms with van der Waals surface area (Å²) >= 11 is 1.63. The Morgan fingerprint density at radius 1 is 1.38 bits per heavy atom. The van der Waals surface area contributed by atoms with E-state index < -0.39 is 9.84 Å². The van der Waals surface area contributed by atoms with E-state index in [1.807, 2.05) is 10.3 Å². The van der Waals surface area contributed by atoms with Crippen molar-refractivity contribution in [1.82, 2.24) is 9.80 Å². The van der Waals surface area contributed by atoms with Gasteiger partial charge in [-0.2, -0.15) is 0 Å². The molecule has 2 heterocycles. The molecule has 3 aliphatic rings. The van der Waals surface area contributed by atoms with Crippen LogP contribution < -0.4 is 0 Å². The Kier molecular flexibility index (Phi) is 3.98. The zero-order chi connectivity index (χ0) is 15.2. The Hall–Kier alpha value is -0.690. The molecule has 0 radical (unpaired) electrons. The minimum absolute atomic E-state index is 0.118. The van der Waals surface area contributed by atoms with Crippen molar-refractivity contribution in [2.24, 2.45) is 0 Å². The van der Waals surface area contributed by atoms with E-state index in [2.05, 4.69) is 11.8 Å². The maximum absolute atomic E-state index is 12.7. The Morgan fingerprint density at radius 2 is 2.10 bits per heavy atom. The monoisotopic (exact) mass is 330 g/mol. The van der Waals surface area contributed by atoms with E-state index in [-0.39, 0.29) is 17.2 Å². The van der Waals surface area contributed by atoms with Gasteiger partial charge in [-0.05, 0) is 32.6 Å². The Balaban J connectivity index is 1.65. The van der Waals surface area contributed by atoms with Crippen LogP contribution in [0.15, 0.2) is 11.1 Å². The molecular formula is C14H22N2O3S2. The van der Waals surface area contributed by atoms with Crippen molar-refractivity contribution in [2.45, 2.75) is 49.9 Å². The number of nitrogens with zero attached hydrogens (tertiary/aromatic N) is 2. The minimum atomic E-state index is -2.94. The first-order valence-electron chi connectivity index (χ1n) is 7.46. The molecule has 0 unspecified atom stereocenters. The maximum atomic E-state index is 12.7. The SMILES string of the molecule is C[C@H]1CCCN1C(=O)C1=CSCN1C1CC(S(C)(=O)=O)C1. The van der Waals surface area contributed by atoms with Crippen LogP contribution in [0.3, 0.4) is 0 Å².